The van der Waals surface area contributed by atoms with Crippen LogP contribution in [-0.4, -0.2) is 37.9 Å². The van der Waals surface area contributed by atoms with Crippen LogP contribution in [0.15, 0.2) is 35.4 Å². The first-order valence-corrected chi connectivity index (χ1v) is 8.41. The summed E-state index contributed by atoms with van der Waals surface area (Å²) in [7, 11) is 2.65. The van der Waals surface area contributed by atoms with E-state index in [9.17, 15) is 14.9 Å². The van der Waals surface area contributed by atoms with E-state index >= 15 is 0 Å². The molecule has 0 unspecified atom stereocenters. The molecule has 1 N–H and O–H groups in total. The van der Waals surface area contributed by atoms with Crippen molar-refractivity contribution >= 4 is 41.0 Å². The normalized spacial score (nSPS) is 10.6. The first-order chi connectivity index (χ1) is 13.3. The number of amides is 1. The van der Waals surface area contributed by atoms with Crippen LogP contribution < -0.4 is 19.6 Å². The second kappa shape index (κ2) is 9.77. The van der Waals surface area contributed by atoms with E-state index in [0.717, 1.165) is 0 Å². The van der Waals surface area contributed by atoms with E-state index in [0.29, 0.717) is 16.3 Å². The summed E-state index contributed by atoms with van der Waals surface area (Å²) in [6.45, 7) is -0.342. The van der Waals surface area contributed by atoms with E-state index in [1.54, 1.807) is 6.07 Å². The Balaban J connectivity index is 2.02. The van der Waals surface area contributed by atoms with E-state index in [-0.39, 0.29) is 28.8 Å². The SMILES string of the molecule is COc1cc(C=NNC(=O)COc2ccc(Cl)cc2Cl)cc([N+](=O)[O-])c1OC. The number of hydrogen-bond donors (Lipinski definition) is 1. The lowest BCUT2D eigenvalue weighted by Gasteiger charge is -2.09. The monoisotopic (exact) mass is 427 g/mol. The molecule has 0 aromatic heterocycles. The van der Waals surface area contributed by atoms with E-state index < -0.39 is 10.8 Å². The molecule has 0 aliphatic heterocycles. The number of hydrogen-bond acceptors (Lipinski definition) is 7. The Labute approximate surface area is 169 Å². The summed E-state index contributed by atoms with van der Waals surface area (Å²) >= 11 is 11.7. The quantitative estimate of drug-likeness (QED) is 0.392. The summed E-state index contributed by atoms with van der Waals surface area (Å²) in [4.78, 5) is 22.4. The molecule has 0 atom stereocenters. The van der Waals surface area contributed by atoms with Gasteiger partial charge in [-0.3, -0.25) is 14.9 Å². The molecule has 1 amide bonds. The van der Waals surface area contributed by atoms with Crippen LogP contribution >= 0.6 is 23.2 Å². The predicted octanol–water partition coefficient (Wildman–Crippen LogP) is 3.45. The molecule has 9 nitrogen and oxygen atoms in total. The highest BCUT2D eigenvalue weighted by Gasteiger charge is 2.21. The molecule has 0 aliphatic rings. The van der Waals surface area contributed by atoms with Crippen molar-refractivity contribution in [2.24, 2.45) is 5.10 Å². The zero-order valence-electron chi connectivity index (χ0n) is 14.8. The van der Waals surface area contributed by atoms with Gasteiger partial charge in [-0.15, -0.1) is 0 Å². The molecule has 2 aromatic rings. The second-order valence-electron chi connectivity index (χ2n) is 5.19. The summed E-state index contributed by atoms with van der Waals surface area (Å²) in [5, 5.41) is 15.6. The summed E-state index contributed by atoms with van der Waals surface area (Å²) in [6.07, 6.45) is 1.22. The largest absolute Gasteiger partial charge is 0.493 e. The van der Waals surface area contributed by atoms with Crippen LogP contribution in [0.1, 0.15) is 5.56 Å². The second-order valence-corrected chi connectivity index (χ2v) is 6.03. The van der Waals surface area contributed by atoms with Gasteiger partial charge in [-0.2, -0.15) is 5.10 Å². The number of halogens is 2. The fraction of sp³-hybridized carbons (Fsp3) is 0.176. The maximum atomic E-state index is 11.8. The lowest BCUT2D eigenvalue weighted by atomic mass is 10.2. The summed E-state index contributed by atoms with van der Waals surface area (Å²) < 4.78 is 15.4. The Morgan fingerprint density at radius 2 is 1.96 bits per heavy atom. The highest BCUT2D eigenvalue weighted by molar-refractivity contribution is 6.35. The predicted molar refractivity (Wildman–Crippen MR) is 104 cm³/mol. The Hall–Kier alpha value is -3.04. The zero-order chi connectivity index (χ0) is 20.7. The Morgan fingerprint density at radius 3 is 2.57 bits per heavy atom. The van der Waals surface area contributed by atoms with Crippen molar-refractivity contribution in [3.05, 3.63) is 56.1 Å². The number of carbonyl (C=O) groups is 1. The molecule has 0 aliphatic carbocycles. The molecular formula is C17H15Cl2N3O6. The molecule has 0 radical (unpaired) electrons. The highest BCUT2D eigenvalue weighted by Crippen LogP contribution is 2.37. The molecule has 11 heteroatoms. The van der Waals surface area contributed by atoms with Crippen molar-refractivity contribution in [2.45, 2.75) is 0 Å². The molecule has 2 aromatic carbocycles. The minimum Gasteiger partial charge on any atom is -0.493 e. The van der Waals surface area contributed by atoms with Crippen LogP contribution in [0.2, 0.25) is 10.0 Å². The maximum absolute atomic E-state index is 11.8. The first kappa shape index (κ1) is 21.3. The highest BCUT2D eigenvalue weighted by atomic mass is 35.5. The zero-order valence-corrected chi connectivity index (χ0v) is 16.3. The number of methoxy groups -OCH3 is 2. The third-order valence-electron chi connectivity index (χ3n) is 3.33. The van der Waals surface area contributed by atoms with Gasteiger partial charge in [0, 0.05) is 16.7 Å². The van der Waals surface area contributed by atoms with Crippen molar-refractivity contribution in [1.82, 2.24) is 5.43 Å². The van der Waals surface area contributed by atoms with Crippen LogP contribution in [-0.2, 0) is 4.79 Å². The van der Waals surface area contributed by atoms with E-state index in [4.69, 9.17) is 37.4 Å². The minimum atomic E-state index is -0.610. The molecular weight excluding hydrogens is 413 g/mol. The van der Waals surface area contributed by atoms with Crippen molar-refractivity contribution < 1.29 is 23.9 Å². The molecule has 148 valence electrons. The summed E-state index contributed by atoms with van der Waals surface area (Å²) in [5.74, 6) is -0.120. The number of hydrazone groups is 1. The van der Waals surface area contributed by atoms with Gasteiger partial charge in [0.25, 0.3) is 5.91 Å². The Morgan fingerprint density at radius 1 is 1.21 bits per heavy atom. The molecule has 0 fully saturated rings. The van der Waals surface area contributed by atoms with Gasteiger partial charge in [0.05, 0.1) is 30.4 Å². The van der Waals surface area contributed by atoms with Crippen molar-refractivity contribution in [1.29, 1.82) is 0 Å². The van der Waals surface area contributed by atoms with Crippen molar-refractivity contribution in [3.63, 3.8) is 0 Å². The van der Waals surface area contributed by atoms with Gasteiger partial charge in [0.2, 0.25) is 5.75 Å². The van der Waals surface area contributed by atoms with Gasteiger partial charge in [-0.1, -0.05) is 23.2 Å². The third kappa shape index (κ3) is 5.48. The molecule has 0 saturated carbocycles. The lowest BCUT2D eigenvalue weighted by molar-refractivity contribution is -0.385. The number of carbonyl (C=O) groups excluding carboxylic acids is 1. The van der Waals surface area contributed by atoms with Crippen LogP contribution in [0, 0.1) is 10.1 Å². The smallest absolute Gasteiger partial charge is 0.315 e. The average molecular weight is 428 g/mol. The number of nitro groups is 1. The molecule has 28 heavy (non-hydrogen) atoms. The van der Waals surface area contributed by atoms with Gasteiger partial charge < -0.3 is 14.2 Å². The standard InChI is InChI=1S/C17H15Cl2N3O6/c1-26-15-6-10(5-13(22(24)25)17(15)27-2)8-20-21-16(23)9-28-14-4-3-11(18)7-12(14)19/h3-8H,9H2,1-2H3,(H,21,23). The molecule has 2 rings (SSSR count). The number of benzene rings is 2. The van der Waals surface area contributed by atoms with Gasteiger partial charge in [0.1, 0.15) is 5.75 Å². The van der Waals surface area contributed by atoms with Crippen LogP contribution in [0.5, 0.6) is 17.2 Å². The first-order valence-electron chi connectivity index (χ1n) is 7.66. The fourth-order valence-corrected chi connectivity index (χ4v) is 2.58. The maximum Gasteiger partial charge on any atom is 0.315 e. The number of nitrogens with one attached hydrogen (secondary N) is 1. The van der Waals surface area contributed by atoms with Crippen molar-refractivity contribution in [2.75, 3.05) is 20.8 Å². The fourth-order valence-electron chi connectivity index (χ4n) is 2.12. The molecule has 0 heterocycles. The van der Waals surface area contributed by atoms with Gasteiger partial charge in [-0.05, 0) is 24.3 Å². The minimum absolute atomic E-state index is 0.0121. The average Bonchev–Trinajstić information content (AvgIpc) is 2.66. The third-order valence-corrected chi connectivity index (χ3v) is 3.86. The van der Waals surface area contributed by atoms with E-state index in [1.807, 2.05) is 0 Å². The van der Waals surface area contributed by atoms with Gasteiger partial charge in [-0.25, -0.2) is 5.43 Å². The summed E-state index contributed by atoms with van der Waals surface area (Å²) in [5.41, 5.74) is 2.27. The molecule has 0 bridgehead atoms. The topological polar surface area (TPSA) is 112 Å². The van der Waals surface area contributed by atoms with Gasteiger partial charge in [0.15, 0.2) is 12.4 Å². The van der Waals surface area contributed by atoms with E-state index in [2.05, 4.69) is 10.5 Å². The molecule has 0 saturated heterocycles. The van der Waals surface area contributed by atoms with Gasteiger partial charge >= 0.3 is 5.69 Å². The van der Waals surface area contributed by atoms with Crippen molar-refractivity contribution in [3.8, 4) is 17.2 Å². The molecule has 0 spiro atoms. The van der Waals surface area contributed by atoms with Crippen LogP contribution in [0.25, 0.3) is 0 Å². The lowest BCUT2D eigenvalue weighted by Crippen LogP contribution is -2.24. The van der Waals surface area contributed by atoms with E-state index in [1.165, 1.54) is 44.7 Å². The number of rotatable bonds is 8. The Bertz CT molecular complexity index is 920. The number of nitrogens with zero attached hydrogens (tertiary/aromatic N) is 2. The number of ether oxygens (including phenoxy) is 3. The number of nitro benzene ring substituents is 1. The van der Waals surface area contributed by atoms with Crippen LogP contribution in [0.3, 0.4) is 0 Å². The van der Waals surface area contributed by atoms with Crippen LogP contribution in [0.4, 0.5) is 5.69 Å². The summed E-state index contributed by atoms with van der Waals surface area (Å²) in [6, 6.07) is 7.30. The Kier molecular flexibility index (Phi) is 7.42.